The molecule has 1 rings (SSSR count). The summed E-state index contributed by atoms with van der Waals surface area (Å²) in [4.78, 5) is 38.4. The van der Waals surface area contributed by atoms with E-state index in [-0.39, 0.29) is 30.9 Å². The molecule has 7 nitrogen and oxygen atoms in total. The lowest BCUT2D eigenvalue weighted by molar-refractivity contribution is 0.0588. The Morgan fingerprint density at radius 1 is 1.32 bits per heavy atom. The van der Waals surface area contributed by atoms with E-state index in [1.807, 2.05) is 13.8 Å². The molecule has 0 saturated carbocycles. The summed E-state index contributed by atoms with van der Waals surface area (Å²) in [5.74, 6) is -0.732. The zero-order valence-electron chi connectivity index (χ0n) is 15.8. The topological polar surface area (TPSA) is 80.6 Å². The van der Waals surface area contributed by atoms with Crippen molar-refractivity contribution in [1.82, 2.24) is 14.8 Å². The van der Waals surface area contributed by atoms with Crippen LogP contribution in [-0.4, -0.2) is 53.5 Å². The fourth-order valence-electron chi connectivity index (χ4n) is 2.74. The molecule has 1 heterocycles. The smallest absolute Gasteiger partial charge is 0.354 e. The van der Waals surface area contributed by atoms with Gasteiger partial charge in [-0.15, -0.1) is 6.58 Å². The number of aromatic nitrogens is 1. The fourth-order valence-corrected chi connectivity index (χ4v) is 2.74. The van der Waals surface area contributed by atoms with Gasteiger partial charge in [-0.25, -0.2) is 9.59 Å². The maximum absolute atomic E-state index is 12.8. The number of ketones is 1. The molecule has 1 aromatic heterocycles. The third kappa shape index (κ3) is 4.49. The van der Waals surface area contributed by atoms with Gasteiger partial charge in [0.2, 0.25) is 0 Å². The molecule has 0 unspecified atom stereocenters. The second-order valence-electron chi connectivity index (χ2n) is 6.18. The minimum atomic E-state index is -0.498. The second-order valence-corrected chi connectivity index (χ2v) is 6.18. The van der Waals surface area contributed by atoms with Gasteiger partial charge < -0.3 is 19.5 Å². The van der Waals surface area contributed by atoms with Crippen LogP contribution >= 0.6 is 0 Å². The van der Waals surface area contributed by atoms with E-state index in [2.05, 4.69) is 11.9 Å². The molecule has 2 amide bonds. The summed E-state index contributed by atoms with van der Waals surface area (Å²) in [6, 6.07) is -0.372. The predicted molar refractivity (Wildman–Crippen MR) is 96.0 cm³/mol. The minimum absolute atomic E-state index is 0.0407. The molecule has 7 heteroatoms. The number of urea groups is 1. The van der Waals surface area contributed by atoms with Crippen molar-refractivity contribution in [2.24, 2.45) is 7.05 Å². The van der Waals surface area contributed by atoms with Crippen LogP contribution in [0.4, 0.5) is 4.79 Å². The van der Waals surface area contributed by atoms with E-state index < -0.39 is 5.97 Å². The number of Topliss-reactive ketones (excluding diaryl/α,β-unsaturated/α-hetero) is 1. The van der Waals surface area contributed by atoms with Crippen molar-refractivity contribution in [3.63, 3.8) is 0 Å². The highest BCUT2D eigenvalue weighted by Gasteiger charge is 2.27. The van der Waals surface area contributed by atoms with Crippen LogP contribution in [-0.2, 0) is 11.8 Å². The average Bonchev–Trinajstić information content (AvgIpc) is 2.75. The second kappa shape index (κ2) is 8.50. The van der Waals surface area contributed by atoms with Crippen LogP contribution in [0.1, 0.15) is 46.0 Å². The van der Waals surface area contributed by atoms with Gasteiger partial charge in [0.1, 0.15) is 5.69 Å². The molecule has 1 N–H and O–H groups in total. The number of rotatable bonds is 7. The van der Waals surface area contributed by atoms with Crippen molar-refractivity contribution in [2.45, 2.75) is 33.7 Å². The first-order valence-electron chi connectivity index (χ1n) is 8.09. The van der Waals surface area contributed by atoms with Gasteiger partial charge >= 0.3 is 12.0 Å². The van der Waals surface area contributed by atoms with Gasteiger partial charge in [-0.1, -0.05) is 6.08 Å². The van der Waals surface area contributed by atoms with Gasteiger partial charge in [-0.3, -0.25) is 4.79 Å². The zero-order valence-corrected chi connectivity index (χ0v) is 15.8. The lowest BCUT2D eigenvalue weighted by atomic mass is 10.1. The Morgan fingerprint density at radius 3 is 2.40 bits per heavy atom. The van der Waals surface area contributed by atoms with E-state index in [4.69, 9.17) is 4.74 Å². The maximum atomic E-state index is 12.8. The van der Waals surface area contributed by atoms with Crippen molar-refractivity contribution in [1.29, 1.82) is 0 Å². The lowest BCUT2D eigenvalue weighted by Gasteiger charge is -2.22. The van der Waals surface area contributed by atoms with Crippen molar-refractivity contribution >= 4 is 17.8 Å². The third-order valence-electron chi connectivity index (χ3n) is 3.97. The van der Waals surface area contributed by atoms with Crippen LogP contribution in [0, 0.1) is 13.8 Å². The van der Waals surface area contributed by atoms with Gasteiger partial charge in [-0.05, 0) is 33.3 Å². The van der Waals surface area contributed by atoms with E-state index in [9.17, 15) is 14.4 Å². The number of methoxy groups -OCH3 is 1. The van der Waals surface area contributed by atoms with Gasteiger partial charge in [0.15, 0.2) is 5.78 Å². The molecule has 0 saturated heterocycles. The summed E-state index contributed by atoms with van der Waals surface area (Å²) < 4.78 is 6.43. The van der Waals surface area contributed by atoms with Gasteiger partial charge in [-0.2, -0.15) is 0 Å². The number of ether oxygens (including phenoxy) is 1. The van der Waals surface area contributed by atoms with Crippen LogP contribution in [0.25, 0.3) is 0 Å². The number of nitrogens with zero attached hydrogens (tertiary/aromatic N) is 2. The first-order valence-corrected chi connectivity index (χ1v) is 8.09. The first kappa shape index (κ1) is 20.5. The Kier molecular flexibility index (Phi) is 6.97. The first-order chi connectivity index (χ1) is 11.6. The lowest BCUT2D eigenvalue weighted by Crippen LogP contribution is -2.45. The fraction of sp³-hybridized carbons (Fsp3) is 0.500. The maximum Gasteiger partial charge on any atom is 0.354 e. The molecule has 0 fully saturated rings. The van der Waals surface area contributed by atoms with Crippen molar-refractivity contribution < 1.29 is 19.1 Å². The van der Waals surface area contributed by atoms with E-state index in [0.29, 0.717) is 22.5 Å². The Hall–Kier alpha value is -2.57. The Labute approximate surface area is 148 Å². The molecule has 0 aromatic carbocycles. The quantitative estimate of drug-likeness (QED) is 0.465. The number of carbonyl (C=O) groups excluding carboxylic acids is 3. The van der Waals surface area contributed by atoms with Gasteiger partial charge in [0.05, 0.1) is 13.7 Å². The molecule has 1 aromatic rings. The Morgan fingerprint density at radius 2 is 1.92 bits per heavy atom. The molecular formula is C18H27N3O4. The number of amides is 2. The summed E-state index contributed by atoms with van der Waals surface area (Å²) in [5.41, 5.74) is 1.99. The number of nitrogens with one attached hydrogen (secondary N) is 1. The zero-order chi connectivity index (χ0) is 19.3. The number of esters is 1. The number of hydrogen-bond donors (Lipinski definition) is 1. The Bertz CT molecular complexity index is 689. The summed E-state index contributed by atoms with van der Waals surface area (Å²) in [7, 11) is 3.01. The van der Waals surface area contributed by atoms with E-state index in [0.717, 1.165) is 0 Å². The van der Waals surface area contributed by atoms with Crippen molar-refractivity contribution in [2.75, 3.05) is 20.2 Å². The van der Waals surface area contributed by atoms with Crippen molar-refractivity contribution in [3.05, 3.63) is 35.2 Å². The van der Waals surface area contributed by atoms with Gasteiger partial charge in [0.25, 0.3) is 0 Å². The van der Waals surface area contributed by atoms with E-state index in [1.54, 1.807) is 31.5 Å². The molecular weight excluding hydrogens is 322 g/mol. The largest absolute Gasteiger partial charge is 0.464 e. The molecule has 0 radical (unpaired) electrons. The predicted octanol–water partition coefficient (Wildman–Crippen LogP) is 2.22. The van der Waals surface area contributed by atoms with Gasteiger partial charge in [0, 0.05) is 30.9 Å². The minimum Gasteiger partial charge on any atom is -0.464 e. The van der Waals surface area contributed by atoms with Crippen LogP contribution in [0.15, 0.2) is 12.7 Å². The van der Waals surface area contributed by atoms with Crippen LogP contribution in [0.2, 0.25) is 0 Å². The number of carbonyl (C=O) groups is 3. The number of hydrogen-bond acceptors (Lipinski definition) is 4. The SMILES string of the molecule is C=CCN(CC(=O)c1c(C)c(C(=O)OC)n(C)c1C)C(=O)NC(C)C. The molecule has 25 heavy (non-hydrogen) atoms. The van der Waals surface area contributed by atoms with Crippen LogP contribution in [0.3, 0.4) is 0 Å². The monoisotopic (exact) mass is 349 g/mol. The van der Waals surface area contributed by atoms with E-state index in [1.165, 1.54) is 12.0 Å². The summed E-state index contributed by atoms with van der Waals surface area (Å²) in [5, 5.41) is 2.77. The molecule has 0 aliphatic carbocycles. The molecule has 0 atom stereocenters. The summed E-state index contributed by atoms with van der Waals surface area (Å²) in [6.45, 7) is 10.9. The molecule has 138 valence electrons. The molecule has 0 spiro atoms. The van der Waals surface area contributed by atoms with E-state index >= 15 is 0 Å². The molecule has 0 aliphatic rings. The summed E-state index contributed by atoms with van der Waals surface area (Å²) >= 11 is 0. The Balaban J connectivity index is 3.16. The normalized spacial score (nSPS) is 10.5. The van der Waals surface area contributed by atoms with Crippen LogP contribution < -0.4 is 5.32 Å². The highest BCUT2D eigenvalue weighted by Crippen LogP contribution is 2.22. The summed E-state index contributed by atoms with van der Waals surface area (Å²) in [6.07, 6.45) is 1.57. The molecule has 0 bridgehead atoms. The highest BCUT2D eigenvalue weighted by molar-refractivity contribution is 6.04. The third-order valence-corrected chi connectivity index (χ3v) is 3.97. The molecule has 0 aliphatic heterocycles. The highest BCUT2D eigenvalue weighted by atomic mass is 16.5. The standard InChI is InChI=1S/C18H27N3O4/c1-8-9-21(18(24)19-11(2)3)10-14(22)15-12(4)16(17(23)25-7)20(6)13(15)5/h8,11H,1,9-10H2,2-7H3,(H,19,24). The van der Waals surface area contributed by atoms with Crippen LogP contribution in [0.5, 0.6) is 0 Å². The van der Waals surface area contributed by atoms with Crippen molar-refractivity contribution in [3.8, 4) is 0 Å². The average molecular weight is 349 g/mol.